The first-order valence-electron chi connectivity index (χ1n) is 6.22. The summed E-state index contributed by atoms with van der Waals surface area (Å²) in [7, 11) is 1.37. The van der Waals surface area contributed by atoms with E-state index in [-0.39, 0.29) is 11.7 Å². The standard InChI is InChI=1S/C13H17N3O4/c1-20-13(17)5-3-2-4-10-14-15-11-6-8-12(9-7-11)16(18)19/h6-10,15H,2-5H2,1H3. The monoisotopic (exact) mass is 279 g/mol. The van der Waals surface area contributed by atoms with Gasteiger partial charge >= 0.3 is 5.97 Å². The van der Waals surface area contributed by atoms with Crippen molar-refractivity contribution >= 4 is 23.6 Å². The van der Waals surface area contributed by atoms with E-state index in [0.717, 1.165) is 19.3 Å². The van der Waals surface area contributed by atoms with Crippen LogP contribution in [-0.2, 0) is 9.53 Å². The van der Waals surface area contributed by atoms with E-state index in [1.165, 1.54) is 19.2 Å². The summed E-state index contributed by atoms with van der Waals surface area (Å²) in [6.07, 6.45) is 4.48. The van der Waals surface area contributed by atoms with Crippen molar-refractivity contribution in [2.75, 3.05) is 12.5 Å². The second-order valence-electron chi connectivity index (χ2n) is 4.05. The number of methoxy groups -OCH3 is 1. The maximum absolute atomic E-state index is 10.8. The lowest BCUT2D eigenvalue weighted by atomic mass is 10.2. The Bertz CT molecular complexity index is 471. The molecule has 0 aliphatic carbocycles. The van der Waals surface area contributed by atoms with Gasteiger partial charge < -0.3 is 4.74 Å². The first-order chi connectivity index (χ1) is 9.63. The van der Waals surface area contributed by atoms with Gasteiger partial charge in [-0.1, -0.05) is 0 Å². The lowest BCUT2D eigenvalue weighted by Crippen LogP contribution is -1.99. The van der Waals surface area contributed by atoms with Gasteiger partial charge in [-0.15, -0.1) is 0 Å². The van der Waals surface area contributed by atoms with E-state index < -0.39 is 4.92 Å². The summed E-state index contributed by atoms with van der Waals surface area (Å²) in [6.45, 7) is 0. The Morgan fingerprint density at radius 1 is 1.40 bits per heavy atom. The molecule has 1 aromatic rings. The molecule has 20 heavy (non-hydrogen) atoms. The van der Waals surface area contributed by atoms with Gasteiger partial charge in [0.15, 0.2) is 0 Å². The summed E-state index contributed by atoms with van der Waals surface area (Å²) in [5, 5.41) is 14.5. The molecule has 0 aromatic heterocycles. The van der Waals surface area contributed by atoms with Crippen molar-refractivity contribution in [3.63, 3.8) is 0 Å². The predicted molar refractivity (Wildman–Crippen MR) is 75.7 cm³/mol. The number of unbranched alkanes of at least 4 members (excludes halogenated alkanes) is 2. The van der Waals surface area contributed by atoms with E-state index in [4.69, 9.17) is 0 Å². The van der Waals surface area contributed by atoms with Crippen LogP contribution in [-0.4, -0.2) is 24.2 Å². The van der Waals surface area contributed by atoms with E-state index in [1.807, 2.05) is 0 Å². The number of carbonyl (C=O) groups excluding carboxylic acids is 1. The van der Waals surface area contributed by atoms with Crippen LogP contribution in [0.15, 0.2) is 29.4 Å². The topological polar surface area (TPSA) is 93.8 Å². The molecular weight excluding hydrogens is 262 g/mol. The van der Waals surface area contributed by atoms with Gasteiger partial charge in [0.25, 0.3) is 5.69 Å². The summed E-state index contributed by atoms with van der Waals surface area (Å²) in [5.41, 5.74) is 3.50. The second-order valence-corrected chi connectivity index (χ2v) is 4.05. The fourth-order valence-electron chi connectivity index (χ4n) is 1.45. The van der Waals surface area contributed by atoms with Crippen LogP contribution < -0.4 is 5.43 Å². The number of nitrogens with one attached hydrogen (secondary N) is 1. The number of ether oxygens (including phenoxy) is 1. The number of nitro groups is 1. The average molecular weight is 279 g/mol. The Labute approximate surface area is 116 Å². The number of benzene rings is 1. The van der Waals surface area contributed by atoms with Gasteiger partial charge in [-0.25, -0.2) is 0 Å². The smallest absolute Gasteiger partial charge is 0.305 e. The van der Waals surface area contributed by atoms with Gasteiger partial charge in [-0.05, 0) is 31.4 Å². The molecule has 7 nitrogen and oxygen atoms in total. The number of rotatable bonds is 8. The highest BCUT2D eigenvalue weighted by molar-refractivity contribution is 5.69. The van der Waals surface area contributed by atoms with E-state index in [0.29, 0.717) is 12.1 Å². The fraction of sp³-hybridized carbons (Fsp3) is 0.385. The highest BCUT2D eigenvalue weighted by Crippen LogP contribution is 2.15. The lowest BCUT2D eigenvalue weighted by molar-refractivity contribution is -0.384. The van der Waals surface area contributed by atoms with E-state index in [1.54, 1.807) is 18.3 Å². The minimum Gasteiger partial charge on any atom is -0.469 e. The number of hydrazone groups is 1. The number of non-ortho nitro benzene ring substituents is 1. The van der Waals surface area contributed by atoms with Crippen LogP contribution in [0.2, 0.25) is 0 Å². The quantitative estimate of drug-likeness (QED) is 0.259. The minimum atomic E-state index is -0.450. The third-order valence-corrected chi connectivity index (χ3v) is 2.55. The Kier molecular flexibility index (Phi) is 6.74. The third-order valence-electron chi connectivity index (χ3n) is 2.55. The van der Waals surface area contributed by atoms with Crippen LogP contribution >= 0.6 is 0 Å². The first-order valence-corrected chi connectivity index (χ1v) is 6.22. The van der Waals surface area contributed by atoms with E-state index >= 15 is 0 Å². The molecule has 0 atom stereocenters. The molecule has 1 N–H and O–H groups in total. The average Bonchev–Trinajstić information content (AvgIpc) is 2.46. The van der Waals surface area contributed by atoms with Gasteiger partial charge in [-0.2, -0.15) is 5.10 Å². The number of nitro benzene ring substituents is 1. The molecule has 0 saturated heterocycles. The molecule has 0 unspecified atom stereocenters. The van der Waals surface area contributed by atoms with E-state index in [2.05, 4.69) is 15.3 Å². The van der Waals surface area contributed by atoms with Crippen LogP contribution in [0.25, 0.3) is 0 Å². The summed E-state index contributed by atoms with van der Waals surface area (Å²) >= 11 is 0. The largest absolute Gasteiger partial charge is 0.469 e. The number of anilines is 1. The highest BCUT2D eigenvalue weighted by Gasteiger charge is 2.02. The zero-order valence-electron chi connectivity index (χ0n) is 11.2. The molecule has 1 aromatic carbocycles. The maximum Gasteiger partial charge on any atom is 0.305 e. The van der Waals surface area contributed by atoms with Gasteiger partial charge in [0.2, 0.25) is 0 Å². The summed E-state index contributed by atoms with van der Waals surface area (Å²) in [4.78, 5) is 20.9. The van der Waals surface area contributed by atoms with E-state index in [9.17, 15) is 14.9 Å². The molecular formula is C13H17N3O4. The number of hydrogen-bond donors (Lipinski definition) is 1. The molecule has 0 saturated carbocycles. The molecule has 0 amide bonds. The molecule has 0 spiro atoms. The van der Waals surface area contributed by atoms with Gasteiger partial charge in [0.1, 0.15) is 0 Å². The minimum absolute atomic E-state index is 0.0438. The van der Waals surface area contributed by atoms with Crippen LogP contribution in [0.4, 0.5) is 11.4 Å². The van der Waals surface area contributed by atoms with Crippen molar-refractivity contribution < 1.29 is 14.5 Å². The van der Waals surface area contributed by atoms with Crippen molar-refractivity contribution in [1.82, 2.24) is 0 Å². The molecule has 0 aliphatic rings. The zero-order valence-corrected chi connectivity index (χ0v) is 11.2. The molecule has 0 heterocycles. The number of nitrogens with zero attached hydrogens (tertiary/aromatic N) is 2. The number of carbonyl (C=O) groups is 1. The fourth-order valence-corrected chi connectivity index (χ4v) is 1.45. The van der Waals surface area contributed by atoms with Crippen LogP contribution in [0.3, 0.4) is 0 Å². The van der Waals surface area contributed by atoms with Crippen LogP contribution in [0, 0.1) is 10.1 Å². The maximum atomic E-state index is 10.8. The Hall–Kier alpha value is -2.44. The van der Waals surface area contributed by atoms with Gasteiger partial charge in [0.05, 0.1) is 17.7 Å². The first kappa shape index (κ1) is 15.6. The Morgan fingerprint density at radius 2 is 2.10 bits per heavy atom. The molecule has 0 radical (unpaired) electrons. The van der Waals surface area contributed by atoms with Crippen molar-refractivity contribution in [1.29, 1.82) is 0 Å². The predicted octanol–water partition coefficient (Wildman–Crippen LogP) is 2.73. The molecule has 0 fully saturated rings. The SMILES string of the molecule is COC(=O)CCCCC=NNc1ccc([N+](=O)[O-])cc1. The summed E-state index contributed by atoms with van der Waals surface area (Å²) < 4.78 is 4.53. The summed E-state index contributed by atoms with van der Waals surface area (Å²) in [5.74, 6) is -0.203. The van der Waals surface area contributed by atoms with Crippen LogP contribution in [0.1, 0.15) is 25.7 Å². The number of esters is 1. The molecule has 7 heteroatoms. The molecule has 0 bridgehead atoms. The Balaban J connectivity index is 2.21. The summed E-state index contributed by atoms with van der Waals surface area (Å²) in [6, 6.07) is 6.00. The molecule has 108 valence electrons. The molecule has 1 rings (SSSR count). The molecule has 0 aliphatic heterocycles. The lowest BCUT2D eigenvalue weighted by Gasteiger charge is -1.99. The third kappa shape index (κ3) is 5.94. The zero-order chi connectivity index (χ0) is 14.8. The normalized spacial score (nSPS) is 10.4. The Morgan fingerprint density at radius 3 is 2.70 bits per heavy atom. The van der Waals surface area contributed by atoms with Crippen molar-refractivity contribution in [2.45, 2.75) is 25.7 Å². The highest BCUT2D eigenvalue weighted by atomic mass is 16.6. The second kappa shape index (κ2) is 8.63. The van der Waals surface area contributed by atoms with Crippen molar-refractivity contribution in [3.8, 4) is 0 Å². The van der Waals surface area contributed by atoms with Gasteiger partial charge in [0, 0.05) is 24.8 Å². The van der Waals surface area contributed by atoms with Crippen molar-refractivity contribution in [3.05, 3.63) is 34.4 Å². The van der Waals surface area contributed by atoms with Gasteiger partial charge in [-0.3, -0.25) is 20.3 Å². The van der Waals surface area contributed by atoms with Crippen LogP contribution in [0.5, 0.6) is 0 Å². The number of hydrogen-bond acceptors (Lipinski definition) is 6. The van der Waals surface area contributed by atoms with Crippen molar-refractivity contribution in [2.24, 2.45) is 5.10 Å².